The van der Waals surface area contributed by atoms with Gasteiger partial charge in [-0.25, -0.2) is 0 Å². The Labute approximate surface area is 146 Å². The van der Waals surface area contributed by atoms with Gasteiger partial charge in [0.15, 0.2) is 17.3 Å². The van der Waals surface area contributed by atoms with Crippen LogP contribution in [0.2, 0.25) is 0 Å². The molecule has 0 aliphatic heterocycles. The molecule has 136 valence electrons. The SMILES string of the molecule is CCOc1cc(C(=O)CC(C)=O)c(OCC)c(N)c1C(=O)CC(C)=O. The third kappa shape index (κ3) is 5.14. The summed E-state index contributed by atoms with van der Waals surface area (Å²) in [6.07, 6.45) is -0.650. The van der Waals surface area contributed by atoms with Gasteiger partial charge >= 0.3 is 0 Å². The minimum atomic E-state index is -0.514. The first kappa shape index (κ1) is 20.3. The number of nitrogens with two attached hydrogens (primary N) is 1. The second-order valence-electron chi connectivity index (χ2n) is 5.51. The normalized spacial score (nSPS) is 10.2. The zero-order valence-corrected chi connectivity index (χ0v) is 14.9. The lowest BCUT2D eigenvalue weighted by atomic mass is 9.96. The van der Waals surface area contributed by atoms with Crippen molar-refractivity contribution in [2.75, 3.05) is 18.9 Å². The first-order valence-corrected chi connectivity index (χ1v) is 8.00. The number of nitrogen functional groups attached to an aromatic ring is 1. The molecule has 1 aromatic carbocycles. The minimum Gasteiger partial charge on any atom is -0.493 e. The van der Waals surface area contributed by atoms with Crippen molar-refractivity contribution in [2.45, 2.75) is 40.5 Å². The Kier molecular flexibility index (Phi) is 7.29. The van der Waals surface area contributed by atoms with E-state index in [0.717, 1.165) is 0 Å². The quantitative estimate of drug-likeness (QED) is 0.392. The number of hydrogen-bond donors (Lipinski definition) is 1. The van der Waals surface area contributed by atoms with E-state index in [1.807, 2.05) is 0 Å². The summed E-state index contributed by atoms with van der Waals surface area (Å²) in [7, 11) is 0. The van der Waals surface area contributed by atoms with E-state index in [0.29, 0.717) is 0 Å². The van der Waals surface area contributed by atoms with E-state index in [9.17, 15) is 19.2 Å². The predicted octanol–water partition coefficient (Wildman–Crippen LogP) is 2.39. The molecule has 0 fully saturated rings. The van der Waals surface area contributed by atoms with E-state index in [1.165, 1.54) is 19.9 Å². The Morgan fingerprint density at radius 1 is 0.920 bits per heavy atom. The number of carbonyl (C=O) groups excluding carboxylic acids is 4. The van der Waals surface area contributed by atoms with E-state index in [4.69, 9.17) is 15.2 Å². The van der Waals surface area contributed by atoms with Crippen LogP contribution in [0.3, 0.4) is 0 Å². The molecule has 0 atom stereocenters. The average Bonchev–Trinajstić information content (AvgIpc) is 2.48. The third-order valence-corrected chi connectivity index (χ3v) is 3.27. The highest BCUT2D eigenvalue weighted by Crippen LogP contribution is 2.38. The van der Waals surface area contributed by atoms with Crippen LogP contribution in [-0.4, -0.2) is 36.3 Å². The largest absolute Gasteiger partial charge is 0.493 e. The summed E-state index contributed by atoms with van der Waals surface area (Å²) in [5.74, 6) is -1.48. The molecule has 7 heteroatoms. The van der Waals surface area contributed by atoms with Gasteiger partial charge in [-0.05, 0) is 33.8 Å². The first-order chi connectivity index (χ1) is 11.7. The molecule has 25 heavy (non-hydrogen) atoms. The summed E-state index contributed by atoms with van der Waals surface area (Å²) < 4.78 is 10.9. The molecule has 0 spiro atoms. The van der Waals surface area contributed by atoms with Crippen LogP contribution in [0, 0.1) is 0 Å². The fourth-order valence-electron chi connectivity index (χ4n) is 2.36. The summed E-state index contributed by atoms with van der Waals surface area (Å²) in [5.41, 5.74) is 6.10. The Balaban J connectivity index is 3.60. The number of anilines is 1. The number of ether oxygens (including phenoxy) is 2. The molecule has 0 heterocycles. The van der Waals surface area contributed by atoms with Gasteiger partial charge in [-0.15, -0.1) is 0 Å². The second-order valence-corrected chi connectivity index (χ2v) is 5.51. The minimum absolute atomic E-state index is 0.0138. The summed E-state index contributed by atoms with van der Waals surface area (Å²) in [6, 6.07) is 1.35. The molecular formula is C18H23NO6. The molecule has 1 aromatic rings. The monoisotopic (exact) mass is 349 g/mol. The highest BCUT2D eigenvalue weighted by atomic mass is 16.5. The maximum absolute atomic E-state index is 12.4. The standard InChI is InChI=1S/C18H23NO6/c1-5-24-15-9-12(13(22)7-10(3)20)18(25-6-2)17(19)16(15)14(23)8-11(4)21/h9H,5-8,19H2,1-4H3. The zero-order chi connectivity index (χ0) is 19.1. The summed E-state index contributed by atoms with van der Waals surface area (Å²) in [5, 5.41) is 0. The highest BCUT2D eigenvalue weighted by Gasteiger charge is 2.27. The van der Waals surface area contributed by atoms with Crippen molar-refractivity contribution in [3.05, 3.63) is 17.2 Å². The van der Waals surface area contributed by atoms with Gasteiger partial charge in [0.2, 0.25) is 0 Å². The van der Waals surface area contributed by atoms with E-state index in [-0.39, 0.29) is 65.9 Å². The van der Waals surface area contributed by atoms with Crippen LogP contribution in [0.25, 0.3) is 0 Å². The van der Waals surface area contributed by atoms with Gasteiger partial charge in [0.25, 0.3) is 0 Å². The second kappa shape index (κ2) is 8.96. The van der Waals surface area contributed by atoms with Gasteiger partial charge < -0.3 is 15.2 Å². The number of benzene rings is 1. The number of Topliss-reactive ketones (excluding diaryl/α,β-unsaturated/α-hetero) is 4. The molecule has 0 aliphatic carbocycles. The van der Waals surface area contributed by atoms with Crippen LogP contribution in [-0.2, 0) is 9.59 Å². The van der Waals surface area contributed by atoms with Gasteiger partial charge in [-0.1, -0.05) is 0 Å². The van der Waals surface area contributed by atoms with Crippen molar-refractivity contribution in [2.24, 2.45) is 0 Å². The molecule has 7 nitrogen and oxygen atoms in total. The Hall–Kier alpha value is -2.70. The molecule has 0 bridgehead atoms. The summed E-state index contributed by atoms with van der Waals surface area (Å²) in [4.78, 5) is 47.3. The Morgan fingerprint density at radius 2 is 1.44 bits per heavy atom. The van der Waals surface area contributed by atoms with Gasteiger partial charge in [-0.2, -0.15) is 0 Å². The van der Waals surface area contributed by atoms with E-state index < -0.39 is 11.6 Å². The van der Waals surface area contributed by atoms with Crippen LogP contribution in [0.5, 0.6) is 11.5 Å². The summed E-state index contributed by atoms with van der Waals surface area (Å²) >= 11 is 0. The molecule has 0 amide bonds. The Bertz CT molecular complexity index is 708. The van der Waals surface area contributed by atoms with Crippen molar-refractivity contribution >= 4 is 28.8 Å². The third-order valence-electron chi connectivity index (χ3n) is 3.27. The van der Waals surface area contributed by atoms with Gasteiger partial charge in [0, 0.05) is 0 Å². The van der Waals surface area contributed by atoms with Crippen molar-refractivity contribution < 1.29 is 28.7 Å². The van der Waals surface area contributed by atoms with Crippen molar-refractivity contribution in [1.29, 1.82) is 0 Å². The molecule has 2 N–H and O–H groups in total. The average molecular weight is 349 g/mol. The lowest BCUT2D eigenvalue weighted by molar-refractivity contribution is -0.117. The molecule has 0 aliphatic rings. The molecular weight excluding hydrogens is 326 g/mol. The predicted molar refractivity (Wildman–Crippen MR) is 92.4 cm³/mol. The van der Waals surface area contributed by atoms with Crippen molar-refractivity contribution in [3.8, 4) is 11.5 Å². The van der Waals surface area contributed by atoms with E-state index >= 15 is 0 Å². The lowest BCUT2D eigenvalue weighted by Crippen LogP contribution is -2.16. The fourth-order valence-corrected chi connectivity index (χ4v) is 2.36. The Morgan fingerprint density at radius 3 is 1.92 bits per heavy atom. The highest BCUT2D eigenvalue weighted by molar-refractivity contribution is 6.15. The lowest BCUT2D eigenvalue weighted by Gasteiger charge is -2.18. The van der Waals surface area contributed by atoms with Gasteiger partial charge in [0.05, 0.1) is 42.9 Å². The number of hydrogen-bond acceptors (Lipinski definition) is 7. The van der Waals surface area contributed by atoms with Gasteiger partial charge in [0.1, 0.15) is 17.3 Å². The molecule has 0 aromatic heterocycles. The van der Waals surface area contributed by atoms with Crippen LogP contribution in [0.4, 0.5) is 5.69 Å². The zero-order valence-electron chi connectivity index (χ0n) is 14.9. The number of rotatable bonds is 10. The van der Waals surface area contributed by atoms with Crippen molar-refractivity contribution in [3.63, 3.8) is 0 Å². The maximum Gasteiger partial charge on any atom is 0.176 e. The topological polar surface area (TPSA) is 113 Å². The molecule has 1 rings (SSSR count). The molecule has 0 saturated heterocycles. The molecule has 0 radical (unpaired) electrons. The smallest absolute Gasteiger partial charge is 0.176 e. The molecule has 0 unspecified atom stereocenters. The van der Waals surface area contributed by atoms with E-state index in [1.54, 1.807) is 13.8 Å². The number of ketones is 4. The summed E-state index contributed by atoms with van der Waals surface area (Å²) in [6.45, 7) is 6.45. The van der Waals surface area contributed by atoms with Crippen LogP contribution < -0.4 is 15.2 Å². The van der Waals surface area contributed by atoms with Crippen molar-refractivity contribution in [1.82, 2.24) is 0 Å². The van der Waals surface area contributed by atoms with Crippen LogP contribution in [0.1, 0.15) is 61.3 Å². The molecule has 0 saturated carbocycles. The number of carbonyl (C=O) groups is 4. The van der Waals surface area contributed by atoms with Gasteiger partial charge in [-0.3, -0.25) is 19.2 Å². The van der Waals surface area contributed by atoms with E-state index in [2.05, 4.69) is 0 Å². The maximum atomic E-state index is 12.4. The first-order valence-electron chi connectivity index (χ1n) is 8.00. The van der Waals surface area contributed by atoms with Crippen LogP contribution in [0.15, 0.2) is 6.07 Å². The fraction of sp³-hybridized carbons (Fsp3) is 0.444. The van der Waals surface area contributed by atoms with Crippen LogP contribution >= 0.6 is 0 Å².